The lowest BCUT2D eigenvalue weighted by molar-refractivity contribution is -0.136. The molecule has 1 saturated heterocycles. The molecule has 0 bridgehead atoms. The fourth-order valence-corrected chi connectivity index (χ4v) is 3.91. The zero-order chi connectivity index (χ0) is 18.0. The van der Waals surface area contributed by atoms with Gasteiger partial charge in [0.1, 0.15) is 11.2 Å². The lowest BCUT2D eigenvalue weighted by Crippen LogP contribution is -2.35. The molecular formula is C17H14F4N2OS. The Morgan fingerprint density at radius 2 is 1.80 bits per heavy atom. The van der Waals surface area contributed by atoms with Gasteiger partial charge in [0.15, 0.2) is 0 Å². The van der Waals surface area contributed by atoms with Crippen molar-refractivity contribution in [2.24, 2.45) is 0 Å². The van der Waals surface area contributed by atoms with Gasteiger partial charge in [-0.05, 0) is 18.2 Å². The Kier molecular flexibility index (Phi) is 4.89. The molecule has 1 aliphatic rings. The van der Waals surface area contributed by atoms with Crippen molar-refractivity contribution in [2.45, 2.75) is 11.6 Å². The lowest BCUT2D eigenvalue weighted by Gasteiger charge is -2.25. The first-order valence-electron chi connectivity index (χ1n) is 7.48. The molecule has 3 rings (SSSR count). The van der Waals surface area contributed by atoms with Crippen molar-refractivity contribution in [1.82, 2.24) is 4.90 Å². The number of anilines is 1. The van der Waals surface area contributed by atoms with Crippen LogP contribution in [0.4, 0.5) is 28.0 Å². The van der Waals surface area contributed by atoms with Gasteiger partial charge in [0.25, 0.3) is 0 Å². The first-order valence-corrected chi connectivity index (χ1v) is 8.52. The van der Waals surface area contributed by atoms with E-state index in [0.717, 1.165) is 6.07 Å². The van der Waals surface area contributed by atoms with Crippen LogP contribution in [-0.2, 0) is 6.18 Å². The summed E-state index contributed by atoms with van der Waals surface area (Å²) in [6, 6.07) is 10.2. The van der Waals surface area contributed by atoms with E-state index in [1.807, 2.05) is 0 Å². The summed E-state index contributed by atoms with van der Waals surface area (Å²) in [5, 5.41) is 1.74. The molecule has 1 heterocycles. The Bertz CT molecular complexity index is 781. The van der Waals surface area contributed by atoms with E-state index in [1.54, 1.807) is 18.2 Å². The monoisotopic (exact) mass is 370 g/mol. The van der Waals surface area contributed by atoms with E-state index in [-0.39, 0.29) is 5.69 Å². The minimum Gasteiger partial charge on any atom is -0.307 e. The molecule has 8 heteroatoms. The molecule has 2 aromatic carbocycles. The fraction of sp³-hybridized carbons (Fsp3) is 0.235. The maximum atomic E-state index is 14.0. The number of para-hydroxylation sites is 1. The maximum absolute atomic E-state index is 14.0. The van der Waals surface area contributed by atoms with E-state index in [4.69, 9.17) is 0 Å². The molecule has 2 amide bonds. The Hall–Kier alpha value is -2.22. The lowest BCUT2D eigenvalue weighted by atomic mass is 10.1. The number of carbonyl (C=O) groups excluding carboxylic acids is 1. The van der Waals surface area contributed by atoms with Crippen LogP contribution in [0.5, 0.6) is 0 Å². The third-order valence-electron chi connectivity index (χ3n) is 3.80. The number of rotatable bonds is 2. The smallest absolute Gasteiger partial charge is 0.307 e. The van der Waals surface area contributed by atoms with E-state index in [1.165, 1.54) is 40.9 Å². The van der Waals surface area contributed by atoms with Crippen molar-refractivity contribution in [2.75, 3.05) is 17.6 Å². The molecule has 25 heavy (non-hydrogen) atoms. The van der Waals surface area contributed by atoms with Crippen LogP contribution in [0.1, 0.15) is 16.5 Å². The molecule has 1 unspecified atom stereocenters. The van der Waals surface area contributed by atoms with Crippen molar-refractivity contribution in [3.05, 3.63) is 65.5 Å². The summed E-state index contributed by atoms with van der Waals surface area (Å²) in [7, 11) is 0. The molecular weight excluding hydrogens is 356 g/mol. The Morgan fingerprint density at radius 3 is 2.52 bits per heavy atom. The second kappa shape index (κ2) is 6.95. The molecule has 0 saturated carbocycles. The third kappa shape index (κ3) is 3.73. The molecule has 132 valence electrons. The number of thioether (sulfide) groups is 1. The molecule has 0 radical (unpaired) electrons. The van der Waals surface area contributed by atoms with Crippen LogP contribution in [0.2, 0.25) is 0 Å². The highest BCUT2D eigenvalue weighted by molar-refractivity contribution is 7.99. The molecule has 1 aliphatic heterocycles. The number of amides is 2. The standard InChI is InChI=1S/C17H14F4N2OS/c18-13-7-3-1-5-11(13)15-23(9-10-25-15)16(24)22-14-8-4-2-6-12(14)17(19,20)21/h1-8,15H,9-10H2,(H,22,24). The predicted molar refractivity (Wildman–Crippen MR) is 88.8 cm³/mol. The third-order valence-corrected chi connectivity index (χ3v) is 5.04. The topological polar surface area (TPSA) is 32.3 Å². The van der Waals surface area contributed by atoms with Crippen LogP contribution in [0.3, 0.4) is 0 Å². The van der Waals surface area contributed by atoms with Gasteiger partial charge in [0.2, 0.25) is 0 Å². The largest absolute Gasteiger partial charge is 0.418 e. The summed E-state index contributed by atoms with van der Waals surface area (Å²) < 4.78 is 53.2. The van der Waals surface area contributed by atoms with Gasteiger partial charge in [0, 0.05) is 17.9 Å². The molecule has 1 fully saturated rings. The van der Waals surface area contributed by atoms with Crippen molar-refractivity contribution in [1.29, 1.82) is 0 Å². The second-order valence-electron chi connectivity index (χ2n) is 5.41. The van der Waals surface area contributed by atoms with Gasteiger partial charge >= 0.3 is 12.2 Å². The van der Waals surface area contributed by atoms with Gasteiger partial charge in [-0.3, -0.25) is 0 Å². The number of nitrogens with one attached hydrogen (secondary N) is 1. The van der Waals surface area contributed by atoms with E-state index in [9.17, 15) is 22.4 Å². The maximum Gasteiger partial charge on any atom is 0.418 e. The summed E-state index contributed by atoms with van der Waals surface area (Å²) in [5.41, 5.74) is -0.897. The van der Waals surface area contributed by atoms with E-state index < -0.39 is 29.0 Å². The normalized spacial score (nSPS) is 17.6. The molecule has 0 aromatic heterocycles. The van der Waals surface area contributed by atoms with Gasteiger partial charge in [-0.25, -0.2) is 9.18 Å². The van der Waals surface area contributed by atoms with Crippen molar-refractivity contribution < 1.29 is 22.4 Å². The number of alkyl halides is 3. The zero-order valence-corrected chi connectivity index (χ0v) is 13.7. The van der Waals surface area contributed by atoms with Gasteiger partial charge in [-0.1, -0.05) is 30.3 Å². The number of benzene rings is 2. The van der Waals surface area contributed by atoms with Gasteiger partial charge < -0.3 is 10.2 Å². The van der Waals surface area contributed by atoms with E-state index in [0.29, 0.717) is 17.9 Å². The highest BCUT2D eigenvalue weighted by Crippen LogP contribution is 2.40. The van der Waals surface area contributed by atoms with Crippen LogP contribution in [0.15, 0.2) is 48.5 Å². The van der Waals surface area contributed by atoms with Crippen molar-refractivity contribution in [3.63, 3.8) is 0 Å². The molecule has 2 aromatic rings. The first-order chi connectivity index (χ1) is 11.9. The Morgan fingerprint density at radius 1 is 1.12 bits per heavy atom. The van der Waals surface area contributed by atoms with Crippen molar-refractivity contribution >= 4 is 23.5 Å². The number of urea groups is 1. The summed E-state index contributed by atoms with van der Waals surface area (Å²) in [6.07, 6.45) is -4.57. The van der Waals surface area contributed by atoms with Crippen LogP contribution in [-0.4, -0.2) is 23.2 Å². The van der Waals surface area contributed by atoms with Crippen LogP contribution in [0.25, 0.3) is 0 Å². The molecule has 0 spiro atoms. The molecule has 0 aliphatic carbocycles. The van der Waals surface area contributed by atoms with Crippen molar-refractivity contribution in [3.8, 4) is 0 Å². The number of carbonyl (C=O) groups is 1. The van der Waals surface area contributed by atoms with Gasteiger partial charge in [-0.2, -0.15) is 13.2 Å². The SMILES string of the molecule is O=C(Nc1ccccc1C(F)(F)F)N1CCSC1c1ccccc1F. The number of hydrogen-bond donors (Lipinski definition) is 1. The minimum atomic E-state index is -4.57. The van der Waals surface area contributed by atoms with Crippen LogP contribution >= 0.6 is 11.8 Å². The van der Waals surface area contributed by atoms with Crippen LogP contribution in [0, 0.1) is 5.82 Å². The van der Waals surface area contributed by atoms with Gasteiger partial charge in [-0.15, -0.1) is 11.8 Å². The van der Waals surface area contributed by atoms with E-state index in [2.05, 4.69) is 5.32 Å². The van der Waals surface area contributed by atoms with Crippen LogP contribution < -0.4 is 5.32 Å². The molecule has 1 N–H and O–H groups in total. The highest BCUT2D eigenvalue weighted by atomic mass is 32.2. The summed E-state index contributed by atoms with van der Waals surface area (Å²) >= 11 is 1.37. The fourth-order valence-electron chi connectivity index (χ4n) is 2.64. The molecule has 1 atom stereocenters. The number of halogens is 4. The average molecular weight is 370 g/mol. The number of hydrogen-bond acceptors (Lipinski definition) is 2. The number of nitrogens with zero attached hydrogens (tertiary/aromatic N) is 1. The summed E-state index contributed by atoms with van der Waals surface area (Å²) in [4.78, 5) is 13.8. The molecule has 3 nitrogen and oxygen atoms in total. The zero-order valence-electron chi connectivity index (χ0n) is 12.9. The average Bonchev–Trinajstić information content (AvgIpc) is 3.04. The quantitative estimate of drug-likeness (QED) is 0.744. The minimum absolute atomic E-state index is 0.316. The Labute approximate surface area is 146 Å². The second-order valence-corrected chi connectivity index (χ2v) is 6.60. The van der Waals surface area contributed by atoms with Gasteiger partial charge in [0.05, 0.1) is 11.3 Å². The first kappa shape index (κ1) is 17.6. The predicted octanol–water partition coefficient (Wildman–Crippen LogP) is 5.12. The van der Waals surface area contributed by atoms with E-state index >= 15 is 0 Å². The highest BCUT2D eigenvalue weighted by Gasteiger charge is 2.36. The Balaban J connectivity index is 1.83. The summed E-state index contributed by atoms with van der Waals surface area (Å²) in [6.45, 7) is 0.323. The summed E-state index contributed by atoms with van der Waals surface area (Å²) in [5.74, 6) is 0.128.